The van der Waals surface area contributed by atoms with Crippen molar-refractivity contribution in [3.63, 3.8) is 0 Å². The Balaban J connectivity index is 3.65. The van der Waals surface area contributed by atoms with Crippen molar-refractivity contribution >= 4 is 15.9 Å². The summed E-state index contributed by atoms with van der Waals surface area (Å²) >= 11 is 0. The van der Waals surface area contributed by atoms with Gasteiger partial charge in [-0.1, -0.05) is 0 Å². The second-order valence-electron chi connectivity index (χ2n) is 2.52. The van der Waals surface area contributed by atoms with Gasteiger partial charge in [0.1, 0.15) is 0 Å². The van der Waals surface area contributed by atoms with Gasteiger partial charge in [-0.15, -0.1) is 0 Å². The molecule has 0 fully saturated rings. The lowest BCUT2D eigenvalue weighted by molar-refractivity contribution is -0.119. The Hall–Kier alpha value is -0.660. The molecule has 0 bridgehead atoms. The van der Waals surface area contributed by atoms with Crippen molar-refractivity contribution in [3.05, 3.63) is 0 Å². The van der Waals surface area contributed by atoms with E-state index in [1.54, 1.807) is 0 Å². The normalized spacial score (nSPS) is 14.2. The molecular formula is C5H13N3O3S. The number of primary amides is 1. The van der Waals surface area contributed by atoms with Gasteiger partial charge in [0.15, 0.2) is 0 Å². The molecular weight excluding hydrogens is 182 g/mol. The van der Waals surface area contributed by atoms with Gasteiger partial charge in [0.2, 0.25) is 15.9 Å². The quantitative estimate of drug-likeness (QED) is 0.462. The number of sulfonamides is 1. The minimum absolute atomic E-state index is 0.173. The summed E-state index contributed by atoms with van der Waals surface area (Å²) in [6, 6.07) is -0.785. The van der Waals surface area contributed by atoms with E-state index >= 15 is 0 Å². The average Bonchev–Trinajstić information content (AvgIpc) is 1.84. The Labute approximate surface area is 71.1 Å². The van der Waals surface area contributed by atoms with Crippen LogP contribution in [0.3, 0.4) is 0 Å². The van der Waals surface area contributed by atoms with Crippen molar-refractivity contribution in [3.8, 4) is 0 Å². The lowest BCUT2D eigenvalue weighted by Crippen LogP contribution is -2.36. The van der Waals surface area contributed by atoms with E-state index in [0.29, 0.717) is 0 Å². The summed E-state index contributed by atoms with van der Waals surface area (Å²) in [4.78, 5) is 10.4. The van der Waals surface area contributed by atoms with Gasteiger partial charge in [-0.05, 0) is 12.8 Å². The zero-order chi connectivity index (χ0) is 9.78. The van der Waals surface area contributed by atoms with Gasteiger partial charge in [-0.2, -0.15) is 0 Å². The van der Waals surface area contributed by atoms with Crippen LogP contribution in [0.1, 0.15) is 12.8 Å². The summed E-state index contributed by atoms with van der Waals surface area (Å²) in [6.45, 7) is 0. The van der Waals surface area contributed by atoms with Crippen molar-refractivity contribution in [2.24, 2.45) is 16.6 Å². The highest BCUT2D eigenvalue weighted by atomic mass is 32.2. The summed E-state index contributed by atoms with van der Waals surface area (Å²) in [6.07, 6.45) is 0.495. The van der Waals surface area contributed by atoms with Gasteiger partial charge in [0, 0.05) is 0 Å². The fourth-order valence-electron chi connectivity index (χ4n) is 0.647. The van der Waals surface area contributed by atoms with Gasteiger partial charge < -0.3 is 11.5 Å². The monoisotopic (exact) mass is 195 g/mol. The van der Waals surface area contributed by atoms with Crippen LogP contribution in [0.4, 0.5) is 0 Å². The molecule has 6 N–H and O–H groups in total. The SMILES string of the molecule is NC(=O)C(N)CCCS(N)(=O)=O. The lowest BCUT2D eigenvalue weighted by atomic mass is 10.2. The summed E-state index contributed by atoms with van der Waals surface area (Å²) in [5.41, 5.74) is 10.1. The summed E-state index contributed by atoms with van der Waals surface area (Å²) in [5.74, 6) is -0.807. The van der Waals surface area contributed by atoms with Crippen LogP contribution in [-0.2, 0) is 14.8 Å². The molecule has 1 unspecified atom stereocenters. The van der Waals surface area contributed by atoms with Crippen LogP contribution in [0.5, 0.6) is 0 Å². The van der Waals surface area contributed by atoms with Gasteiger partial charge >= 0.3 is 0 Å². The topological polar surface area (TPSA) is 129 Å². The van der Waals surface area contributed by atoms with Crippen LogP contribution < -0.4 is 16.6 Å². The van der Waals surface area contributed by atoms with Crippen LogP contribution in [0.15, 0.2) is 0 Å². The fourth-order valence-corrected chi connectivity index (χ4v) is 1.22. The fraction of sp³-hybridized carbons (Fsp3) is 0.800. The molecule has 7 heteroatoms. The zero-order valence-corrected chi connectivity index (χ0v) is 7.38. The van der Waals surface area contributed by atoms with Crippen LogP contribution in [0.2, 0.25) is 0 Å². The molecule has 0 aromatic carbocycles. The second-order valence-corrected chi connectivity index (χ2v) is 4.25. The zero-order valence-electron chi connectivity index (χ0n) is 6.56. The molecule has 6 nitrogen and oxygen atoms in total. The first-order valence-electron chi connectivity index (χ1n) is 3.38. The van der Waals surface area contributed by atoms with E-state index < -0.39 is 22.0 Å². The molecule has 0 spiro atoms. The van der Waals surface area contributed by atoms with Crippen molar-refractivity contribution in [1.82, 2.24) is 0 Å². The van der Waals surface area contributed by atoms with E-state index in [0.717, 1.165) is 0 Å². The minimum atomic E-state index is -3.45. The molecule has 0 rings (SSSR count). The summed E-state index contributed by atoms with van der Waals surface area (Å²) < 4.78 is 20.8. The molecule has 1 atom stereocenters. The Morgan fingerprint density at radius 3 is 2.25 bits per heavy atom. The Morgan fingerprint density at radius 1 is 1.42 bits per heavy atom. The van der Waals surface area contributed by atoms with E-state index in [1.165, 1.54) is 0 Å². The Kier molecular flexibility index (Phi) is 4.15. The molecule has 0 aliphatic rings. The highest BCUT2D eigenvalue weighted by molar-refractivity contribution is 7.89. The summed E-state index contributed by atoms with van der Waals surface area (Å²) in [5, 5.41) is 4.71. The molecule has 0 aliphatic heterocycles. The molecule has 0 saturated carbocycles. The van der Waals surface area contributed by atoms with Gasteiger partial charge in [-0.3, -0.25) is 4.79 Å². The predicted octanol–water partition coefficient (Wildman–Crippen LogP) is -2.13. The molecule has 72 valence electrons. The number of carbonyl (C=O) groups excluding carboxylic acids is 1. The highest BCUT2D eigenvalue weighted by Gasteiger charge is 2.10. The van der Waals surface area contributed by atoms with Gasteiger partial charge in [-0.25, -0.2) is 13.6 Å². The molecule has 0 radical (unpaired) electrons. The Morgan fingerprint density at radius 2 is 1.92 bits per heavy atom. The van der Waals surface area contributed by atoms with Crippen molar-refractivity contribution in [2.75, 3.05) is 5.75 Å². The minimum Gasteiger partial charge on any atom is -0.368 e. The first-order chi connectivity index (χ1) is 5.33. The van der Waals surface area contributed by atoms with E-state index in [-0.39, 0.29) is 18.6 Å². The third-order valence-corrected chi connectivity index (χ3v) is 2.17. The number of hydrogen-bond donors (Lipinski definition) is 3. The predicted molar refractivity (Wildman–Crippen MR) is 44.4 cm³/mol. The molecule has 0 heterocycles. The van der Waals surface area contributed by atoms with Gasteiger partial charge in [0.25, 0.3) is 0 Å². The maximum absolute atomic E-state index is 10.4. The second kappa shape index (κ2) is 4.39. The number of amides is 1. The third kappa shape index (κ3) is 6.08. The lowest BCUT2D eigenvalue weighted by Gasteiger charge is -2.05. The number of rotatable bonds is 5. The first kappa shape index (κ1) is 11.3. The van der Waals surface area contributed by atoms with Crippen molar-refractivity contribution in [1.29, 1.82) is 0 Å². The first-order valence-corrected chi connectivity index (χ1v) is 5.10. The standard InChI is InChI=1S/C5H13N3O3S/c6-4(5(7)9)2-1-3-12(8,10)11/h4H,1-3,6H2,(H2,7,9)(H2,8,10,11). The van der Waals surface area contributed by atoms with Crippen LogP contribution >= 0.6 is 0 Å². The largest absolute Gasteiger partial charge is 0.368 e. The van der Waals surface area contributed by atoms with Crippen LogP contribution in [-0.4, -0.2) is 26.1 Å². The number of hydrogen-bond acceptors (Lipinski definition) is 4. The molecule has 0 aromatic rings. The maximum Gasteiger partial charge on any atom is 0.234 e. The van der Waals surface area contributed by atoms with E-state index in [9.17, 15) is 13.2 Å². The van der Waals surface area contributed by atoms with Crippen LogP contribution in [0.25, 0.3) is 0 Å². The van der Waals surface area contributed by atoms with E-state index in [1.807, 2.05) is 0 Å². The molecule has 0 aromatic heterocycles. The molecule has 0 saturated heterocycles. The van der Waals surface area contributed by atoms with Crippen LogP contribution in [0, 0.1) is 0 Å². The summed E-state index contributed by atoms with van der Waals surface area (Å²) in [7, 11) is -3.45. The number of carbonyl (C=O) groups is 1. The third-order valence-electron chi connectivity index (χ3n) is 1.31. The molecule has 1 amide bonds. The van der Waals surface area contributed by atoms with E-state index in [4.69, 9.17) is 16.6 Å². The average molecular weight is 195 g/mol. The van der Waals surface area contributed by atoms with Crippen molar-refractivity contribution < 1.29 is 13.2 Å². The number of nitrogens with two attached hydrogens (primary N) is 3. The number of primary sulfonamides is 1. The molecule has 12 heavy (non-hydrogen) atoms. The van der Waals surface area contributed by atoms with Gasteiger partial charge in [0.05, 0.1) is 11.8 Å². The maximum atomic E-state index is 10.4. The van der Waals surface area contributed by atoms with E-state index in [2.05, 4.69) is 0 Å². The Bertz CT molecular complexity index is 249. The smallest absolute Gasteiger partial charge is 0.234 e. The highest BCUT2D eigenvalue weighted by Crippen LogP contribution is 1.95. The molecule has 0 aliphatic carbocycles. The van der Waals surface area contributed by atoms with Crippen molar-refractivity contribution in [2.45, 2.75) is 18.9 Å².